The fourth-order valence-corrected chi connectivity index (χ4v) is 0.464. The molecule has 0 aromatic carbocycles. The van der Waals surface area contributed by atoms with Gasteiger partial charge in [-0.25, -0.2) is 0 Å². The van der Waals surface area contributed by atoms with Gasteiger partial charge in [-0.1, -0.05) is 32.6 Å². The zero-order valence-corrected chi connectivity index (χ0v) is 8.72. The molecule has 1 unspecified atom stereocenters. The van der Waals surface area contributed by atoms with Crippen LogP contribution in [0.1, 0.15) is 45.4 Å². The summed E-state index contributed by atoms with van der Waals surface area (Å²) in [6, 6.07) is 0. The molecule has 0 radical (unpaired) electrons. The van der Waals surface area contributed by atoms with Crippen LogP contribution in [0.5, 0.6) is 0 Å². The third kappa shape index (κ3) is 13.0. The number of aliphatic carboxylic acids is 1. The first-order valence-electron chi connectivity index (χ1n) is 3.99. The summed E-state index contributed by atoms with van der Waals surface area (Å²) in [5.74, 6) is -0.711. The molecule has 1 fully saturated rings. The van der Waals surface area contributed by atoms with Crippen molar-refractivity contribution in [1.82, 2.24) is 0 Å². The molecule has 0 bridgehead atoms. The van der Waals surface area contributed by atoms with E-state index in [0.717, 1.165) is 6.42 Å². The van der Waals surface area contributed by atoms with Crippen LogP contribution >= 0.6 is 9.90 Å². The van der Waals surface area contributed by atoms with E-state index in [-0.39, 0.29) is 9.90 Å². The molecular weight excluding hydrogens is 159 g/mol. The summed E-state index contributed by atoms with van der Waals surface area (Å²) in [5, 5.41) is 7.91. The van der Waals surface area contributed by atoms with Gasteiger partial charge in [0, 0.05) is 6.42 Å². The minimum absolute atomic E-state index is 0. The Balaban J connectivity index is 0. The van der Waals surface area contributed by atoms with Gasteiger partial charge in [0.25, 0.3) is 0 Å². The summed E-state index contributed by atoms with van der Waals surface area (Å²) in [4.78, 5) is 9.60. The van der Waals surface area contributed by atoms with Gasteiger partial charge >= 0.3 is 5.97 Å². The van der Waals surface area contributed by atoms with Crippen LogP contribution < -0.4 is 0 Å². The van der Waals surface area contributed by atoms with E-state index in [1.807, 2.05) is 6.92 Å². The lowest BCUT2D eigenvalue weighted by atomic mass is 10.0. The first-order chi connectivity index (χ1) is 4.77. The third-order valence-corrected chi connectivity index (χ3v) is 1.46. The molecule has 1 rings (SSSR count). The second-order valence-electron chi connectivity index (χ2n) is 2.56. The summed E-state index contributed by atoms with van der Waals surface area (Å²) in [6.07, 6.45) is 7.02. The van der Waals surface area contributed by atoms with Crippen molar-refractivity contribution in [1.29, 1.82) is 0 Å². The first-order valence-corrected chi connectivity index (χ1v) is 3.99. The lowest BCUT2D eigenvalue weighted by Gasteiger charge is -2.05. The molecule has 68 valence electrons. The Bertz CT molecular complexity index is 86.1. The number of carboxylic acids is 1. The zero-order chi connectivity index (χ0) is 7.82. The Kier molecular flexibility index (Phi) is 12.1. The van der Waals surface area contributed by atoms with Crippen molar-refractivity contribution in [2.75, 3.05) is 0 Å². The van der Waals surface area contributed by atoms with E-state index in [9.17, 15) is 4.79 Å². The molecule has 3 heteroatoms. The molecule has 1 saturated carbocycles. The number of carboxylic acid groups (broad SMARTS) is 1. The topological polar surface area (TPSA) is 37.3 Å². The Morgan fingerprint density at radius 2 is 1.64 bits per heavy atom. The van der Waals surface area contributed by atoms with Gasteiger partial charge in [-0.15, -0.1) is 0 Å². The van der Waals surface area contributed by atoms with Crippen molar-refractivity contribution in [3.05, 3.63) is 0 Å². The van der Waals surface area contributed by atoms with Gasteiger partial charge in [0.05, 0.1) is 0 Å². The minimum atomic E-state index is -0.711. The van der Waals surface area contributed by atoms with Gasteiger partial charge in [0.15, 0.2) is 0 Å². The van der Waals surface area contributed by atoms with E-state index < -0.39 is 5.97 Å². The predicted octanol–water partition coefficient (Wildman–Crippen LogP) is 2.49. The summed E-state index contributed by atoms with van der Waals surface area (Å²) in [7, 11) is 0. The second-order valence-corrected chi connectivity index (χ2v) is 2.56. The molecule has 0 heterocycles. The van der Waals surface area contributed by atoms with Crippen molar-refractivity contribution in [3.63, 3.8) is 0 Å². The van der Waals surface area contributed by atoms with Crippen molar-refractivity contribution < 1.29 is 9.90 Å². The molecule has 0 aromatic rings. The highest BCUT2D eigenvalue weighted by Crippen LogP contribution is 2.15. The van der Waals surface area contributed by atoms with Gasteiger partial charge in [-0.3, -0.25) is 4.79 Å². The number of hydrogen-bond acceptors (Lipinski definition) is 1. The average molecular weight is 178 g/mol. The number of hydrogen-bond donors (Lipinski definition) is 1. The van der Waals surface area contributed by atoms with E-state index in [2.05, 4.69) is 0 Å². The normalized spacial score (nSPS) is 13.2. The molecule has 1 aliphatic rings. The largest absolute Gasteiger partial charge is 0.481 e. The number of carbonyl (C=O) groups is 1. The van der Waals surface area contributed by atoms with Crippen LogP contribution in [0.3, 0.4) is 0 Å². The van der Waals surface area contributed by atoms with Crippen LogP contribution in [-0.2, 0) is 4.79 Å². The van der Waals surface area contributed by atoms with Crippen LogP contribution in [0.2, 0.25) is 0 Å². The second kappa shape index (κ2) is 9.90. The maximum atomic E-state index is 9.60. The third-order valence-electron chi connectivity index (χ3n) is 1.46. The Morgan fingerprint density at radius 1 is 1.27 bits per heavy atom. The van der Waals surface area contributed by atoms with E-state index >= 15 is 0 Å². The monoisotopic (exact) mass is 178 g/mol. The van der Waals surface area contributed by atoms with E-state index in [1.54, 1.807) is 0 Å². The summed E-state index contributed by atoms with van der Waals surface area (Å²) >= 11 is 0. The molecule has 2 nitrogen and oxygen atoms in total. The Labute approximate surface area is 72.0 Å². The molecule has 1 atom stereocenters. The van der Waals surface area contributed by atoms with E-state index in [1.165, 1.54) is 25.7 Å². The maximum absolute atomic E-state index is 9.60. The van der Waals surface area contributed by atoms with Gasteiger partial charge in [0.1, 0.15) is 0 Å². The summed E-state index contributed by atoms with van der Waals surface area (Å²) in [6.45, 7) is 1.84. The average Bonchev–Trinajstić information content (AvgIpc) is 1.58. The van der Waals surface area contributed by atoms with Crippen LogP contribution in [-0.4, -0.2) is 11.1 Å². The molecule has 11 heavy (non-hydrogen) atoms. The van der Waals surface area contributed by atoms with Crippen molar-refractivity contribution >= 4 is 15.9 Å². The standard InChI is InChI=1S/C4H8O2.C4H8.H3P/c1-2-3-4(5)6;1-2-4-3-1;/h2-3H2,1H3,(H,5,6);1-4H2;1H3. The van der Waals surface area contributed by atoms with Crippen molar-refractivity contribution in [3.8, 4) is 0 Å². The maximum Gasteiger partial charge on any atom is 0.303 e. The van der Waals surface area contributed by atoms with Gasteiger partial charge in [-0.05, 0) is 6.42 Å². The molecule has 0 aromatic heterocycles. The fraction of sp³-hybridized carbons (Fsp3) is 0.875. The molecule has 0 saturated heterocycles. The zero-order valence-electron chi connectivity index (χ0n) is 7.31. The summed E-state index contributed by atoms with van der Waals surface area (Å²) < 4.78 is 0. The Hall–Kier alpha value is -0.100. The molecule has 0 spiro atoms. The SMILES string of the molecule is C1CCC1.CCCC(=O)O.P. The van der Waals surface area contributed by atoms with Crippen molar-refractivity contribution in [2.45, 2.75) is 45.4 Å². The number of rotatable bonds is 2. The lowest BCUT2D eigenvalue weighted by Crippen LogP contribution is -1.90. The lowest BCUT2D eigenvalue weighted by molar-refractivity contribution is -0.137. The Morgan fingerprint density at radius 3 is 1.64 bits per heavy atom. The van der Waals surface area contributed by atoms with Crippen LogP contribution in [0.25, 0.3) is 0 Å². The molecule has 0 aliphatic heterocycles. The highest BCUT2D eigenvalue weighted by molar-refractivity contribution is 6.92. The first kappa shape index (κ1) is 13.5. The van der Waals surface area contributed by atoms with Crippen LogP contribution in [0.15, 0.2) is 0 Å². The van der Waals surface area contributed by atoms with Crippen molar-refractivity contribution in [2.24, 2.45) is 0 Å². The van der Waals surface area contributed by atoms with Crippen LogP contribution in [0, 0.1) is 0 Å². The van der Waals surface area contributed by atoms with Gasteiger partial charge in [-0.2, -0.15) is 9.90 Å². The van der Waals surface area contributed by atoms with Crippen LogP contribution in [0.4, 0.5) is 0 Å². The van der Waals surface area contributed by atoms with Gasteiger partial charge in [0.2, 0.25) is 0 Å². The smallest absolute Gasteiger partial charge is 0.303 e. The highest BCUT2D eigenvalue weighted by Gasteiger charge is 1.95. The van der Waals surface area contributed by atoms with Gasteiger partial charge < -0.3 is 5.11 Å². The minimum Gasteiger partial charge on any atom is -0.481 e. The predicted molar refractivity (Wildman–Crippen MR) is 52.1 cm³/mol. The van der Waals surface area contributed by atoms with E-state index in [0.29, 0.717) is 6.42 Å². The fourth-order valence-electron chi connectivity index (χ4n) is 0.464. The van der Waals surface area contributed by atoms with E-state index in [4.69, 9.17) is 5.11 Å². The highest BCUT2D eigenvalue weighted by atomic mass is 31.0. The molecule has 1 aliphatic carbocycles. The quantitative estimate of drug-likeness (QED) is 0.659. The molecule has 1 N–H and O–H groups in total. The summed E-state index contributed by atoms with van der Waals surface area (Å²) in [5.41, 5.74) is 0. The molecule has 0 amide bonds. The molecular formula is C8H19O2P.